The summed E-state index contributed by atoms with van der Waals surface area (Å²) in [6.45, 7) is 7.90. The van der Waals surface area contributed by atoms with Crippen LogP contribution < -0.4 is 15.8 Å². The molecule has 148 valence electrons. The Labute approximate surface area is 172 Å². The highest BCUT2D eigenvalue weighted by molar-refractivity contribution is 14.0. The Kier molecular flexibility index (Phi) is 11.5. The summed E-state index contributed by atoms with van der Waals surface area (Å²) in [6.07, 6.45) is 1.65. The maximum absolute atomic E-state index is 13.2. The lowest BCUT2D eigenvalue weighted by Gasteiger charge is -2.26. The number of halogens is 2. The normalized spacial score (nSPS) is 16.6. The van der Waals surface area contributed by atoms with Crippen molar-refractivity contribution >= 4 is 29.9 Å². The van der Waals surface area contributed by atoms with Crippen LogP contribution in [0.5, 0.6) is 5.75 Å². The van der Waals surface area contributed by atoms with Crippen molar-refractivity contribution in [3.63, 3.8) is 0 Å². The maximum Gasteiger partial charge on any atom is 0.188 e. The Bertz CT molecular complexity index is 542. The summed E-state index contributed by atoms with van der Waals surface area (Å²) in [5.41, 5.74) is 5.90. The van der Waals surface area contributed by atoms with E-state index in [1.165, 1.54) is 12.1 Å². The van der Waals surface area contributed by atoms with Crippen LogP contribution in [0.2, 0.25) is 0 Å². The monoisotopic (exact) mass is 480 g/mol. The Morgan fingerprint density at radius 2 is 2.19 bits per heavy atom. The highest BCUT2D eigenvalue weighted by Gasteiger charge is 2.10. The molecule has 0 bridgehead atoms. The minimum absolute atomic E-state index is 0. The fourth-order valence-corrected chi connectivity index (χ4v) is 2.58. The fourth-order valence-electron chi connectivity index (χ4n) is 2.58. The Balaban J connectivity index is 0.00000338. The first-order valence-corrected chi connectivity index (χ1v) is 8.93. The number of aliphatic imine (C=N–C) groups is 1. The number of rotatable bonds is 9. The average Bonchev–Trinajstić information content (AvgIpc) is 2.63. The number of hydrogen-bond acceptors (Lipinski definition) is 4. The van der Waals surface area contributed by atoms with Gasteiger partial charge in [-0.05, 0) is 31.5 Å². The molecule has 1 aliphatic rings. The molecule has 1 atom stereocenters. The number of ether oxygens (including phenoxy) is 2. The first-order valence-electron chi connectivity index (χ1n) is 8.93. The van der Waals surface area contributed by atoms with E-state index in [0.29, 0.717) is 18.3 Å². The van der Waals surface area contributed by atoms with E-state index in [9.17, 15) is 4.39 Å². The molecule has 3 N–H and O–H groups in total. The summed E-state index contributed by atoms with van der Waals surface area (Å²) in [5.74, 6) is 0.625. The number of nitrogens with one attached hydrogen (secondary N) is 1. The summed E-state index contributed by atoms with van der Waals surface area (Å²) in [5, 5.41) is 3.13. The predicted molar refractivity (Wildman–Crippen MR) is 113 cm³/mol. The van der Waals surface area contributed by atoms with Gasteiger partial charge in [0.2, 0.25) is 0 Å². The van der Waals surface area contributed by atoms with Gasteiger partial charge < -0.3 is 20.5 Å². The van der Waals surface area contributed by atoms with E-state index in [1.807, 2.05) is 6.92 Å². The van der Waals surface area contributed by atoms with E-state index in [-0.39, 0.29) is 35.9 Å². The molecule has 8 heteroatoms. The fraction of sp³-hybridized carbons (Fsp3) is 0.611. The SMILES string of the molecule is CCC(CN=C(N)NCCCN1CCOCC1)Oc1cccc(F)c1.I. The third-order valence-electron chi connectivity index (χ3n) is 4.08. The van der Waals surface area contributed by atoms with Gasteiger partial charge in [-0.2, -0.15) is 0 Å². The topological polar surface area (TPSA) is 72.1 Å². The van der Waals surface area contributed by atoms with E-state index in [2.05, 4.69) is 15.2 Å². The molecule has 0 amide bonds. The maximum atomic E-state index is 13.2. The zero-order valence-electron chi connectivity index (χ0n) is 15.3. The minimum atomic E-state index is -0.308. The van der Waals surface area contributed by atoms with Crippen molar-refractivity contribution in [3.05, 3.63) is 30.1 Å². The van der Waals surface area contributed by atoms with Gasteiger partial charge in [0, 0.05) is 25.7 Å². The van der Waals surface area contributed by atoms with Gasteiger partial charge in [0.25, 0.3) is 0 Å². The van der Waals surface area contributed by atoms with Gasteiger partial charge >= 0.3 is 0 Å². The van der Waals surface area contributed by atoms with E-state index in [1.54, 1.807) is 12.1 Å². The van der Waals surface area contributed by atoms with Crippen molar-refractivity contribution in [1.29, 1.82) is 0 Å². The minimum Gasteiger partial charge on any atom is -0.488 e. The van der Waals surface area contributed by atoms with Crippen LogP contribution in [0.4, 0.5) is 4.39 Å². The largest absolute Gasteiger partial charge is 0.488 e. The second-order valence-corrected chi connectivity index (χ2v) is 6.07. The van der Waals surface area contributed by atoms with Crippen LogP contribution in [0.15, 0.2) is 29.3 Å². The second kappa shape index (κ2) is 13.1. The molecule has 1 unspecified atom stereocenters. The van der Waals surface area contributed by atoms with Gasteiger partial charge in [0.1, 0.15) is 17.7 Å². The number of nitrogens with zero attached hydrogens (tertiary/aromatic N) is 2. The van der Waals surface area contributed by atoms with Crippen molar-refractivity contribution in [2.45, 2.75) is 25.9 Å². The van der Waals surface area contributed by atoms with Crippen molar-refractivity contribution in [2.75, 3.05) is 45.9 Å². The van der Waals surface area contributed by atoms with E-state index < -0.39 is 0 Å². The number of guanidine groups is 1. The summed E-state index contributed by atoms with van der Waals surface area (Å²) >= 11 is 0. The molecule has 6 nitrogen and oxygen atoms in total. The molecule has 1 heterocycles. The lowest BCUT2D eigenvalue weighted by Crippen LogP contribution is -2.39. The lowest BCUT2D eigenvalue weighted by atomic mass is 10.2. The van der Waals surface area contributed by atoms with Crippen LogP contribution in [0, 0.1) is 5.82 Å². The average molecular weight is 480 g/mol. The quantitative estimate of drug-likeness (QED) is 0.246. The number of benzene rings is 1. The van der Waals surface area contributed by atoms with Crippen molar-refractivity contribution in [1.82, 2.24) is 10.2 Å². The van der Waals surface area contributed by atoms with Crippen molar-refractivity contribution in [3.8, 4) is 5.75 Å². The molecule has 1 saturated heterocycles. The van der Waals surface area contributed by atoms with E-state index >= 15 is 0 Å². The van der Waals surface area contributed by atoms with Crippen molar-refractivity contribution in [2.24, 2.45) is 10.7 Å². The van der Waals surface area contributed by atoms with Crippen LogP contribution in [0.3, 0.4) is 0 Å². The van der Waals surface area contributed by atoms with E-state index in [4.69, 9.17) is 15.2 Å². The van der Waals surface area contributed by atoms with Crippen LogP contribution >= 0.6 is 24.0 Å². The molecule has 0 aromatic heterocycles. The highest BCUT2D eigenvalue weighted by atomic mass is 127. The van der Waals surface area contributed by atoms with Crippen LogP contribution in [0.1, 0.15) is 19.8 Å². The van der Waals surface area contributed by atoms with Gasteiger partial charge in [-0.15, -0.1) is 24.0 Å². The number of nitrogens with two attached hydrogens (primary N) is 1. The van der Waals surface area contributed by atoms with Crippen LogP contribution in [-0.2, 0) is 4.74 Å². The Morgan fingerprint density at radius 1 is 1.42 bits per heavy atom. The predicted octanol–water partition coefficient (Wildman–Crippen LogP) is 2.23. The lowest BCUT2D eigenvalue weighted by molar-refractivity contribution is 0.0376. The summed E-state index contributed by atoms with van der Waals surface area (Å²) in [6, 6.07) is 6.14. The molecule has 1 aromatic carbocycles. The van der Waals surface area contributed by atoms with Crippen LogP contribution in [-0.4, -0.2) is 62.9 Å². The third kappa shape index (κ3) is 9.00. The highest BCUT2D eigenvalue weighted by Crippen LogP contribution is 2.15. The smallest absolute Gasteiger partial charge is 0.188 e. The van der Waals surface area contributed by atoms with Gasteiger partial charge in [-0.3, -0.25) is 4.90 Å². The van der Waals surface area contributed by atoms with Crippen molar-refractivity contribution < 1.29 is 13.9 Å². The molecule has 0 aliphatic carbocycles. The molecule has 0 saturated carbocycles. The molecule has 1 aromatic rings. The van der Waals surface area contributed by atoms with Gasteiger partial charge in [0.15, 0.2) is 5.96 Å². The molecule has 2 rings (SSSR count). The van der Waals surface area contributed by atoms with Gasteiger partial charge in [-0.1, -0.05) is 13.0 Å². The number of hydrogen-bond donors (Lipinski definition) is 2. The first kappa shape index (κ1) is 22.9. The summed E-state index contributed by atoms with van der Waals surface area (Å²) in [7, 11) is 0. The third-order valence-corrected chi connectivity index (χ3v) is 4.08. The molecular formula is C18H30FIN4O2. The standard InChI is InChI=1S/C18H29FN4O2.HI/c1-2-16(25-17-6-3-5-15(19)13-17)14-22-18(20)21-7-4-8-23-9-11-24-12-10-23;/h3,5-6,13,16H,2,4,7-12,14H2,1H3,(H3,20,21,22);1H. The zero-order valence-corrected chi connectivity index (χ0v) is 17.7. The second-order valence-electron chi connectivity index (χ2n) is 6.07. The Morgan fingerprint density at radius 3 is 2.88 bits per heavy atom. The van der Waals surface area contributed by atoms with Gasteiger partial charge in [-0.25, -0.2) is 9.38 Å². The molecule has 0 radical (unpaired) electrons. The first-order chi connectivity index (χ1) is 12.2. The van der Waals surface area contributed by atoms with Crippen LogP contribution in [0.25, 0.3) is 0 Å². The molecule has 1 aliphatic heterocycles. The van der Waals surface area contributed by atoms with Gasteiger partial charge in [0.05, 0.1) is 19.8 Å². The molecule has 26 heavy (non-hydrogen) atoms. The summed E-state index contributed by atoms with van der Waals surface area (Å²) in [4.78, 5) is 6.72. The van der Waals surface area contributed by atoms with E-state index in [0.717, 1.165) is 52.2 Å². The Hall–Kier alpha value is -1.13. The number of morpholine rings is 1. The molecule has 1 fully saturated rings. The zero-order chi connectivity index (χ0) is 17.9. The molecular weight excluding hydrogens is 450 g/mol. The molecule has 0 spiro atoms. The summed E-state index contributed by atoms with van der Waals surface area (Å²) < 4.78 is 24.3.